The number of hydrogen-bond acceptors (Lipinski definition) is 5. The molecule has 0 aliphatic rings. The Bertz CT molecular complexity index is 199. The molecule has 0 atom stereocenters. The Morgan fingerprint density at radius 1 is 1.33 bits per heavy atom. The molecular formula is C6H11NO4Si. The highest BCUT2D eigenvalue weighted by Crippen LogP contribution is 2.15. The van der Waals surface area contributed by atoms with Gasteiger partial charge in [0.25, 0.3) is 0 Å². The lowest BCUT2D eigenvalue weighted by atomic mass is 11.0. The molecule has 0 unspecified atom stereocenters. The maximum atomic E-state index is 9.91. The van der Waals surface area contributed by atoms with Gasteiger partial charge in [0.1, 0.15) is 5.32 Å². The van der Waals surface area contributed by atoms with Crippen molar-refractivity contribution in [2.24, 2.45) is 4.99 Å². The second-order valence-electron chi connectivity index (χ2n) is 1.82. The molecule has 0 radical (unpaired) electrons. The third-order valence-corrected chi connectivity index (χ3v) is 3.77. The van der Waals surface area contributed by atoms with E-state index in [0.29, 0.717) is 0 Å². The Morgan fingerprint density at radius 2 is 1.75 bits per heavy atom. The van der Waals surface area contributed by atoms with Crippen LogP contribution < -0.4 is 0 Å². The molecule has 12 heavy (non-hydrogen) atoms. The lowest BCUT2D eigenvalue weighted by molar-refractivity contribution is 0.134. The molecule has 5 nitrogen and oxygen atoms in total. The van der Waals surface area contributed by atoms with Crippen LogP contribution in [0.3, 0.4) is 0 Å². The summed E-state index contributed by atoms with van der Waals surface area (Å²) in [6, 6.07) is 0. The second-order valence-corrected chi connectivity index (χ2v) is 4.73. The van der Waals surface area contributed by atoms with Crippen molar-refractivity contribution in [3.8, 4) is 0 Å². The lowest BCUT2D eigenvalue weighted by Gasteiger charge is -2.22. The summed E-state index contributed by atoms with van der Waals surface area (Å²) in [5.41, 5.74) is 0. The number of carbonyl (C=O) groups excluding carboxylic acids is 1. The van der Waals surface area contributed by atoms with Crippen LogP contribution in [0, 0.1) is 0 Å². The van der Waals surface area contributed by atoms with Crippen molar-refractivity contribution in [1.82, 2.24) is 0 Å². The molecule has 0 bridgehead atoms. The summed E-state index contributed by atoms with van der Waals surface area (Å²) in [5.74, 6) is 0. The van der Waals surface area contributed by atoms with E-state index in [1.54, 1.807) is 0 Å². The van der Waals surface area contributed by atoms with Crippen molar-refractivity contribution in [2.45, 2.75) is 0 Å². The molecule has 68 valence electrons. The first kappa shape index (κ1) is 11.2. The first-order chi connectivity index (χ1) is 5.66. The molecule has 0 saturated heterocycles. The van der Waals surface area contributed by atoms with Crippen molar-refractivity contribution in [1.29, 1.82) is 0 Å². The van der Waals surface area contributed by atoms with Crippen LogP contribution in [-0.4, -0.2) is 36.2 Å². The molecule has 0 aliphatic heterocycles. The fourth-order valence-electron chi connectivity index (χ4n) is 0.727. The van der Waals surface area contributed by atoms with Gasteiger partial charge in [-0.05, 0) is 0 Å². The minimum Gasteiger partial charge on any atom is -0.372 e. The molecule has 0 fully saturated rings. The predicted molar refractivity (Wildman–Crippen MR) is 44.0 cm³/mol. The molecule has 6 heteroatoms. The third kappa shape index (κ3) is 2.10. The smallest absolute Gasteiger partial charge is 0.372 e. The molecular weight excluding hydrogens is 178 g/mol. The molecule has 0 N–H and O–H groups in total. The van der Waals surface area contributed by atoms with Crippen molar-refractivity contribution in [3.63, 3.8) is 0 Å². The van der Waals surface area contributed by atoms with E-state index in [4.69, 9.17) is 13.3 Å². The number of nitrogens with zero attached hydrogens (tertiary/aromatic N) is 1. The molecule has 0 amide bonds. The molecule has 0 spiro atoms. The molecule has 0 aliphatic carbocycles. The van der Waals surface area contributed by atoms with Crippen molar-refractivity contribution in [2.75, 3.05) is 21.3 Å². The first-order valence-electron chi connectivity index (χ1n) is 3.09. The van der Waals surface area contributed by atoms with Gasteiger partial charge in [0.15, 0.2) is 0 Å². The Labute approximate surface area is 72.0 Å². The quantitative estimate of drug-likeness (QED) is 0.353. The fraction of sp³-hybridized carbons (Fsp3) is 0.500. The largest absolute Gasteiger partial charge is 0.556 e. The minimum atomic E-state index is -2.97. The highest BCUT2D eigenvalue weighted by Gasteiger charge is 2.42. The van der Waals surface area contributed by atoms with E-state index < -0.39 is 8.80 Å². The summed E-state index contributed by atoms with van der Waals surface area (Å²) >= 11 is 0. The fourth-order valence-corrected chi connectivity index (χ4v) is 2.12. The molecule has 0 aromatic heterocycles. The van der Waals surface area contributed by atoms with E-state index >= 15 is 0 Å². The van der Waals surface area contributed by atoms with Gasteiger partial charge in [-0.25, -0.2) is 4.79 Å². The van der Waals surface area contributed by atoms with Crippen LogP contribution >= 0.6 is 0 Å². The number of hydrogen-bond donors (Lipinski definition) is 0. The highest BCUT2D eigenvalue weighted by atomic mass is 28.4. The SMILES string of the molecule is C=C(N=C=O)[Si](OC)(OC)OC. The van der Waals surface area contributed by atoms with Crippen LogP contribution in [0.1, 0.15) is 0 Å². The minimum absolute atomic E-state index is 0.144. The molecule has 0 aromatic rings. The van der Waals surface area contributed by atoms with E-state index in [1.807, 2.05) is 0 Å². The number of isocyanates is 1. The van der Waals surface area contributed by atoms with Crippen LogP contribution in [0.25, 0.3) is 0 Å². The van der Waals surface area contributed by atoms with Crippen LogP contribution in [0.15, 0.2) is 16.9 Å². The zero-order chi connectivity index (χ0) is 9.61. The zero-order valence-corrected chi connectivity index (χ0v) is 8.29. The van der Waals surface area contributed by atoms with E-state index in [2.05, 4.69) is 11.6 Å². The second kappa shape index (κ2) is 4.97. The van der Waals surface area contributed by atoms with Gasteiger partial charge in [-0.1, -0.05) is 6.58 Å². The number of aliphatic imine (C=N–C) groups is 1. The highest BCUT2D eigenvalue weighted by molar-refractivity contribution is 6.68. The van der Waals surface area contributed by atoms with E-state index in [0.717, 1.165) is 0 Å². The Kier molecular flexibility index (Phi) is 4.64. The van der Waals surface area contributed by atoms with Gasteiger partial charge in [-0.15, -0.1) is 0 Å². The molecule has 0 saturated carbocycles. The summed E-state index contributed by atoms with van der Waals surface area (Å²) in [6.45, 7) is 3.49. The van der Waals surface area contributed by atoms with Crippen LogP contribution in [0.5, 0.6) is 0 Å². The van der Waals surface area contributed by atoms with Crippen LogP contribution in [-0.2, 0) is 18.1 Å². The average Bonchev–Trinajstić information content (AvgIpc) is 2.09. The summed E-state index contributed by atoms with van der Waals surface area (Å²) in [7, 11) is 1.26. The Hall–Kier alpha value is -0.783. The summed E-state index contributed by atoms with van der Waals surface area (Å²) in [6.07, 6.45) is 1.35. The zero-order valence-electron chi connectivity index (χ0n) is 7.29. The van der Waals surface area contributed by atoms with Crippen molar-refractivity contribution < 1.29 is 18.1 Å². The van der Waals surface area contributed by atoms with E-state index in [-0.39, 0.29) is 5.32 Å². The molecule has 0 aromatic carbocycles. The van der Waals surface area contributed by atoms with Gasteiger partial charge in [-0.2, -0.15) is 4.99 Å². The predicted octanol–water partition coefficient (Wildman–Crippen LogP) is 0.253. The van der Waals surface area contributed by atoms with Gasteiger partial charge in [0.2, 0.25) is 6.08 Å². The van der Waals surface area contributed by atoms with Gasteiger partial charge >= 0.3 is 8.80 Å². The lowest BCUT2D eigenvalue weighted by Crippen LogP contribution is -2.44. The van der Waals surface area contributed by atoms with E-state index in [9.17, 15) is 4.79 Å². The monoisotopic (exact) mass is 189 g/mol. The first-order valence-corrected chi connectivity index (χ1v) is 4.82. The maximum Gasteiger partial charge on any atom is 0.556 e. The van der Waals surface area contributed by atoms with Crippen molar-refractivity contribution in [3.05, 3.63) is 11.9 Å². The van der Waals surface area contributed by atoms with Gasteiger partial charge in [0, 0.05) is 21.3 Å². The maximum absolute atomic E-state index is 9.91. The Morgan fingerprint density at radius 3 is 2.00 bits per heavy atom. The van der Waals surface area contributed by atoms with E-state index in [1.165, 1.54) is 27.4 Å². The Balaban J connectivity index is 4.69. The molecule has 0 heterocycles. The summed E-state index contributed by atoms with van der Waals surface area (Å²) in [5, 5.41) is 0.144. The van der Waals surface area contributed by atoms with Gasteiger partial charge < -0.3 is 13.3 Å². The normalized spacial score (nSPS) is 10.6. The summed E-state index contributed by atoms with van der Waals surface area (Å²) < 4.78 is 14.9. The standard InChI is InChI=1S/C6H11NO4Si/c1-6(7-5-8)12(9-2,10-3)11-4/h1H2,2-4H3. The summed E-state index contributed by atoms with van der Waals surface area (Å²) in [4.78, 5) is 13.2. The van der Waals surface area contributed by atoms with Crippen LogP contribution in [0.2, 0.25) is 0 Å². The van der Waals surface area contributed by atoms with Gasteiger partial charge in [-0.3, -0.25) is 0 Å². The third-order valence-electron chi connectivity index (χ3n) is 1.34. The topological polar surface area (TPSA) is 57.1 Å². The van der Waals surface area contributed by atoms with Crippen molar-refractivity contribution >= 4 is 14.9 Å². The van der Waals surface area contributed by atoms with Crippen LogP contribution in [0.4, 0.5) is 0 Å². The average molecular weight is 189 g/mol. The molecule has 0 rings (SSSR count). The number of rotatable bonds is 5. The van der Waals surface area contributed by atoms with Gasteiger partial charge in [0.05, 0.1) is 0 Å².